The lowest BCUT2D eigenvalue weighted by atomic mass is 9.95. The van der Waals surface area contributed by atoms with Crippen molar-refractivity contribution in [1.82, 2.24) is 10.2 Å². The van der Waals surface area contributed by atoms with E-state index in [1.807, 2.05) is 37.3 Å². The number of carbonyl (C=O) groups is 2. The van der Waals surface area contributed by atoms with E-state index in [0.29, 0.717) is 33.1 Å². The van der Waals surface area contributed by atoms with Crippen molar-refractivity contribution in [2.24, 2.45) is 0 Å². The Labute approximate surface area is 246 Å². The largest absolute Gasteiger partial charge is 0.352 e. The molecule has 1 aliphatic carbocycles. The fourth-order valence-electron chi connectivity index (χ4n) is 5.32. The smallest absolute Gasteiger partial charge is 0.244 e. The summed E-state index contributed by atoms with van der Waals surface area (Å²) in [7, 11) is -3.85. The molecule has 2 amide bonds. The van der Waals surface area contributed by atoms with Gasteiger partial charge in [0.1, 0.15) is 12.6 Å². The van der Waals surface area contributed by atoms with Gasteiger partial charge in [0.05, 0.1) is 22.0 Å². The SMILES string of the molecule is CC[C@@H](C(=O)NC1CCCCC1)N(Cc1ccc(Cl)c(Cl)c1)C(=O)CN(c1cccc2ccccc12)S(C)(=O)=O. The molecule has 1 aliphatic rings. The van der Waals surface area contributed by atoms with E-state index >= 15 is 0 Å². The first kappa shape index (κ1) is 30.2. The number of rotatable bonds is 10. The van der Waals surface area contributed by atoms with Crippen LogP contribution in [0.2, 0.25) is 10.0 Å². The van der Waals surface area contributed by atoms with Crippen LogP contribution in [0.3, 0.4) is 0 Å². The van der Waals surface area contributed by atoms with Crippen molar-refractivity contribution in [3.8, 4) is 0 Å². The molecule has 1 N–H and O–H groups in total. The van der Waals surface area contributed by atoms with E-state index in [9.17, 15) is 18.0 Å². The first-order valence-corrected chi connectivity index (χ1v) is 16.2. The van der Waals surface area contributed by atoms with Crippen LogP contribution in [-0.2, 0) is 26.2 Å². The molecule has 3 aromatic rings. The zero-order valence-corrected chi connectivity index (χ0v) is 25.1. The van der Waals surface area contributed by atoms with Gasteiger partial charge in [0, 0.05) is 18.0 Å². The summed E-state index contributed by atoms with van der Waals surface area (Å²) in [6.45, 7) is 1.46. The Balaban J connectivity index is 1.69. The molecule has 0 heterocycles. The van der Waals surface area contributed by atoms with E-state index in [1.54, 1.807) is 30.3 Å². The summed E-state index contributed by atoms with van der Waals surface area (Å²) in [5.74, 6) is -0.728. The van der Waals surface area contributed by atoms with Crippen LogP contribution in [0.15, 0.2) is 60.7 Å². The highest BCUT2D eigenvalue weighted by atomic mass is 35.5. The van der Waals surface area contributed by atoms with Crippen LogP contribution in [0.5, 0.6) is 0 Å². The summed E-state index contributed by atoms with van der Waals surface area (Å²) in [6.07, 6.45) is 6.53. The summed E-state index contributed by atoms with van der Waals surface area (Å²) in [4.78, 5) is 29.0. The molecule has 10 heteroatoms. The van der Waals surface area contributed by atoms with E-state index in [0.717, 1.165) is 48.1 Å². The average Bonchev–Trinajstić information content (AvgIpc) is 2.93. The zero-order valence-electron chi connectivity index (χ0n) is 22.8. The van der Waals surface area contributed by atoms with Gasteiger partial charge in [0.15, 0.2) is 0 Å². The number of benzene rings is 3. The first-order valence-electron chi connectivity index (χ1n) is 13.6. The molecule has 0 aliphatic heterocycles. The Kier molecular flexibility index (Phi) is 9.98. The van der Waals surface area contributed by atoms with E-state index in [-0.39, 0.29) is 18.5 Å². The summed E-state index contributed by atoms with van der Waals surface area (Å²) in [5.41, 5.74) is 1.09. The molecule has 214 valence electrons. The third kappa shape index (κ3) is 7.28. The molecule has 4 rings (SSSR count). The van der Waals surface area contributed by atoms with Gasteiger partial charge in [-0.15, -0.1) is 0 Å². The second-order valence-electron chi connectivity index (χ2n) is 10.3. The molecule has 0 unspecified atom stereocenters. The molecule has 0 saturated heterocycles. The molecule has 1 fully saturated rings. The fourth-order valence-corrected chi connectivity index (χ4v) is 6.50. The monoisotopic (exact) mass is 603 g/mol. The number of anilines is 1. The molecule has 0 aromatic heterocycles. The Bertz CT molecular complexity index is 1470. The number of amides is 2. The van der Waals surface area contributed by atoms with Gasteiger partial charge in [0.25, 0.3) is 0 Å². The van der Waals surface area contributed by atoms with Crippen LogP contribution in [0.25, 0.3) is 10.8 Å². The molecule has 0 spiro atoms. The Hall–Kier alpha value is -2.81. The molecule has 1 saturated carbocycles. The number of nitrogens with zero attached hydrogens (tertiary/aromatic N) is 2. The van der Waals surface area contributed by atoms with Crippen molar-refractivity contribution in [3.05, 3.63) is 76.3 Å². The first-order chi connectivity index (χ1) is 19.1. The molecule has 1 atom stereocenters. The second kappa shape index (κ2) is 13.2. The number of hydrogen-bond donors (Lipinski definition) is 1. The van der Waals surface area contributed by atoms with Crippen LogP contribution < -0.4 is 9.62 Å². The highest BCUT2D eigenvalue weighted by Crippen LogP contribution is 2.29. The zero-order chi connectivity index (χ0) is 28.9. The van der Waals surface area contributed by atoms with Gasteiger partial charge >= 0.3 is 0 Å². The normalized spacial score (nSPS) is 15.0. The van der Waals surface area contributed by atoms with E-state index in [4.69, 9.17) is 23.2 Å². The highest BCUT2D eigenvalue weighted by molar-refractivity contribution is 7.92. The lowest BCUT2D eigenvalue weighted by Gasteiger charge is -2.34. The minimum atomic E-state index is -3.85. The minimum Gasteiger partial charge on any atom is -0.352 e. The van der Waals surface area contributed by atoms with Crippen molar-refractivity contribution in [2.75, 3.05) is 17.1 Å². The fraction of sp³-hybridized carbons (Fsp3) is 0.400. The van der Waals surface area contributed by atoms with Gasteiger partial charge < -0.3 is 10.2 Å². The molecular weight excluding hydrogens is 569 g/mol. The maximum absolute atomic E-state index is 14.0. The van der Waals surface area contributed by atoms with Gasteiger partial charge in [-0.1, -0.05) is 91.9 Å². The lowest BCUT2D eigenvalue weighted by Crippen LogP contribution is -2.54. The van der Waals surface area contributed by atoms with Crippen molar-refractivity contribution in [2.45, 2.75) is 64.1 Å². The summed E-state index contributed by atoms with van der Waals surface area (Å²) in [5, 5.41) is 5.41. The molecule has 3 aromatic carbocycles. The summed E-state index contributed by atoms with van der Waals surface area (Å²) in [6, 6.07) is 17.1. The van der Waals surface area contributed by atoms with Crippen LogP contribution in [0.4, 0.5) is 5.69 Å². The van der Waals surface area contributed by atoms with Crippen LogP contribution in [0.1, 0.15) is 51.0 Å². The number of nitrogens with one attached hydrogen (secondary N) is 1. The topological polar surface area (TPSA) is 86.8 Å². The minimum absolute atomic E-state index is 0.0689. The van der Waals surface area contributed by atoms with Crippen molar-refractivity contribution in [3.63, 3.8) is 0 Å². The molecule has 40 heavy (non-hydrogen) atoms. The van der Waals surface area contributed by atoms with E-state index in [1.165, 1.54) is 4.90 Å². The number of carbonyl (C=O) groups excluding carboxylic acids is 2. The van der Waals surface area contributed by atoms with Crippen LogP contribution >= 0.6 is 23.2 Å². The predicted octanol–water partition coefficient (Wildman–Crippen LogP) is 6.17. The van der Waals surface area contributed by atoms with Gasteiger partial charge in [0.2, 0.25) is 21.8 Å². The second-order valence-corrected chi connectivity index (χ2v) is 13.0. The van der Waals surface area contributed by atoms with Crippen LogP contribution in [-0.4, -0.2) is 50.0 Å². The maximum atomic E-state index is 14.0. The van der Waals surface area contributed by atoms with Crippen molar-refractivity contribution >= 4 is 61.5 Å². The van der Waals surface area contributed by atoms with Crippen molar-refractivity contribution < 1.29 is 18.0 Å². The third-order valence-electron chi connectivity index (χ3n) is 7.39. The Morgan fingerprint density at radius 1 is 0.975 bits per heavy atom. The third-order valence-corrected chi connectivity index (χ3v) is 9.25. The number of sulfonamides is 1. The standard InChI is InChI=1S/C30H35Cl2N3O4S/c1-3-27(30(37)33-23-12-5-4-6-13-23)34(19-21-16-17-25(31)26(32)18-21)29(36)20-35(40(2,38)39)28-15-9-11-22-10-7-8-14-24(22)28/h7-11,14-18,23,27H,3-6,12-13,19-20H2,1-2H3,(H,33,37)/t27-/m0/s1. The van der Waals surface area contributed by atoms with Crippen LogP contribution in [0, 0.1) is 0 Å². The quantitative estimate of drug-likeness (QED) is 0.300. The van der Waals surface area contributed by atoms with E-state index in [2.05, 4.69) is 5.32 Å². The van der Waals surface area contributed by atoms with Gasteiger partial charge in [-0.05, 0) is 48.4 Å². The molecule has 0 bridgehead atoms. The van der Waals surface area contributed by atoms with Gasteiger partial charge in [-0.25, -0.2) is 8.42 Å². The molecule has 7 nitrogen and oxygen atoms in total. The predicted molar refractivity (Wildman–Crippen MR) is 162 cm³/mol. The van der Waals surface area contributed by atoms with Crippen molar-refractivity contribution in [1.29, 1.82) is 0 Å². The number of hydrogen-bond acceptors (Lipinski definition) is 4. The lowest BCUT2D eigenvalue weighted by molar-refractivity contribution is -0.140. The number of fused-ring (bicyclic) bond motifs is 1. The average molecular weight is 605 g/mol. The number of halogens is 2. The highest BCUT2D eigenvalue weighted by Gasteiger charge is 2.33. The maximum Gasteiger partial charge on any atom is 0.244 e. The Morgan fingerprint density at radius 2 is 1.68 bits per heavy atom. The van der Waals surface area contributed by atoms with Gasteiger partial charge in [-0.3, -0.25) is 13.9 Å². The molecular formula is C30H35Cl2N3O4S. The Morgan fingerprint density at radius 3 is 2.35 bits per heavy atom. The van der Waals surface area contributed by atoms with Gasteiger partial charge in [-0.2, -0.15) is 0 Å². The summed E-state index contributed by atoms with van der Waals surface area (Å²) < 4.78 is 27.2. The van der Waals surface area contributed by atoms with E-state index < -0.39 is 28.5 Å². The summed E-state index contributed by atoms with van der Waals surface area (Å²) >= 11 is 12.4. The molecule has 0 radical (unpaired) electrons.